The van der Waals surface area contributed by atoms with E-state index in [2.05, 4.69) is 10.1 Å². The number of amides is 1. The number of rotatable bonds is 10. The molecule has 0 fully saturated rings. The summed E-state index contributed by atoms with van der Waals surface area (Å²) in [5.74, 6) is -2.21. The van der Waals surface area contributed by atoms with Crippen molar-refractivity contribution in [3.05, 3.63) is 28.2 Å². The summed E-state index contributed by atoms with van der Waals surface area (Å²) in [5.41, 5.74) is 0. The summed E-state index contributed by atoms with van der Waals surface area (Å²) >= 11 is 11.5. The Morgan fingerprint density at radius 3 is 2.34 bits per heavy atom. The molecule has 1 aromatic rings. The number of hydrogen-bond donors (Lipinski definition) is 2. The molecule has 9 nitrogen and oxygen atoms in total. The second kappa shape index (κ2) is 11.3. The van der Waals surface area contributed by atoms with Crippen molar-refractivity contribution in [2.45, 2.75) is 31.2 Å². The van der Waals surface area contributed by atoms with Crippen LogP contribution < -0.4 is 10.0 Å². The van der Waals surface area contributed by atoms with Crippen molar-refractivity contribution in [2.75, 3.05) is 20.3 Å². The molecular formula is C17H22Cl2N2O7S. The molecule has 2 N–H and O–H groups in total. The Kier molecular flexibility index (Phi) is 9.84. The topological polar surface area (TPSA) is 128 Å². The van der Waals surface area contributed by atoms with Crippen LogP contribution in [-0.2, 0) is 33.9 Å². The molecule has 1 atom stereocenters. The van der Waals surface area contributed by atoms with E-state index >= 15 is 0 Å². The lowest BCUT2D eigenvalue weighted by atomic mass is 10.0. The third kappa shape index (κ3) is 8.57. The highest BCUT2D eigenvalue weighted by Crippen LogP contribution is 2.24. The van der Waals surface area contributed by atoms with Crippen LogP contribution in [0.15, 0.2) is 23.1 Å². The fourth-order valence-corrected chi connectivity index (χ4v) is 3.50. The number of esters is 2. The summed E-state index contributed by atoms with van der Waals surface area (Å²) in [6.45, 7) is 2.34. The summed E-state index contributed by atoms with van der Waals surface area (Å²) in [5, 5.41) is 2.62. The number of nitrogens with one attached hydrogen (secondary N) is 2. The number of ether oxygens (including phenoxy) is 2. The van der Waals surface area contributed by atoms with Gasteiger partial charge in [0.2, 0.25) is 10.0 Å². The van der Waals surface area contributed by atoms with Gasteiger partial charge in [0.15, 0.2) is 6.61 Å². The molecule has 0 spiro atoms. The van der Waals surface area contributed by atoms with Crippen LogP contribution in [0, 0.1) is 5.92 Å². The second-order valence-electron chi connectivity index (χ2n) is 6.33. The van der Waals surface area contributed by atoms with Gasteiger partial charge in [-0.3, -0.25) is 9.59 Å². The fourth-order valence-electron chi connectivity index (χ4n) is 2.14. The van der Waals surface area contributed by atoms with Gasteiger partial charge in [0.05, 0.1) is 22.1 Å². The number of carbonyl (C=O) groups is 3. The number of benzene rings is 1. The summed E-state index contributed by atoms with van der Waals surface area (Å²) in [4.78, 5) is 35.1. The Bertz CT molecular complexity index is 859. The summed E-state index contributed by atoms with van der Waals surface area (Å²) in [6.07, 6.45) is 0.343. The van der Waals surface area contributed by atoms with Crippen molar-refractivity contribution < 1.29 is 32.3 Å². The predicted octanol–water partition coefficient (Wildman–Crippen LogP) is 1.52. The SMILES string of the molecule is COC(=O)C(CC(C)C)NC(=O)COC(=O)CNS(=O)(=O)c1ccc(Cl)c(Cl)c1. The van der Waals surface area contributed by atoms with E-state index < -0.39 is 47.1 Å². The first-order valence-electron chi connectivity index (χ1n) is 8.43. The molecule has 0 bridgehead atoms. The van der Waals surface area contributed by atoms with Crippen LogP contribution >= 0.6 is 23.2 Å². The van der Waals surface area contributed by atoms with Gasteiger partial charge in [0, 0.05) is 0 Å². The van der Waals surface area contributed by atoms with E-state index in [1.807, 2.05) is 18.6 Å². The van der Waals surface area contributed by atoms with Gasteiger partial charge >= 0.3 is 11.9 Å². The molecule has 29 heavy (non-hydrogen) atoms. The van der Waals surface area contributed by atoms with Crippen LogP contribution in [-0.4, -0.2) is 52.6 Å². The second-order valence-corrected chi connectivity index (χ2v) is 8.92. The van der Waals surface area contributed by atoms with Gasteiger partial charge in [-0.1, -0.05) is 37.0 Å². The van der Waals surface area contributed by atoms with E-state index in [1.54, 1.807) is 0 Å². The monoisotopic (exact) mass is 468 g/mol. The zero-order valence-corrected chi connectivity index (χ0v) is 18.4. The Morgan fingerprint density at radius 1 is 1.14 bits per heavy atom. The average Bonchev–Trinajstić information content (AvgIpc) is 2.65. The van der Waals surface area contributed by atoms with Crippen molar-refractivity contribution in [3.8, 4) is 0 Å². The number of hydrogen-bond acceptors (Lipinski definition) is 7. The third-order valence-electron chi connectivity index (χ3n) is 3.50. The van der Waals surface area contributed by atoms with Crippen molar-refractivity contribution in [3.63, 3.8) is 0 Å². The van der Waals surface area contributed by atoms with Gasteiger partial charge in [0.25, 0.3) is 5.91 Å². The molecule has 1 aromatic carbocycles. The molecular weight excluding hydrogens is 447 g/mol. The van der Waals surface area contributed by atoms with Crippen LogP contribution in [0.25, 0.3) is 0 Å². The summed E-state index contributed by atoms with van der Waals surface area (Å²) in [6, 6.07) is 2.78. The lowest BCUT2D eigenvalue weighted by Crippen LogP contribution is -2.44. The van der Waals surface area contributed by atoms with Crippen LogP contribution in [0.3, 0.4) is 0 Å². The quantitative estimate of drug-likeness (QED) is 0.498. The Morgan fingerprint density at radius 2 is 1.79 bits per heavy atom. The molecule has 1 rings (SSSR count). The number of carbonyl (C=O) groups excluding carboxylic acids is 3. The average molecular weight is 469 g/mol. The van der Waals surface area contributed by atoms with E-state index in [4.69, 9.17) is 27.9 Å². The van der Waals surface area contributed by atoms with Crippen LogP contribution in [0.2, 0.25) is 10.0 Å². The molecule has 0 saturated carbocycles. The van der Waals surface area contributed by atoms with Crippen molar-refractivity contribution in [2.24, 2.45) is 5.92 Å². The molecule has 0 aliphatic carbocycles. The maximum atomic E-state index is 12.1. The predicted molar refractivity (Wildman–Crippen MR) is 106 cm³/mol. The lowest BCUT2D eigenvalue weighted by molar-refractivity contribution is -0.149. The largest absolute Gasteiger partial charge is 0.467 e. The maximum absolute atomic E-state index is 12.1. The highest BCUT2D eigenvalue weighted by Gasteiger charge is 2.23. The van der Waals surface area contributed by atoms with Gasteiger partial charge in [0.1, 0.15) is 12.6 Å². The van der Waals surface area contributed by atoms with Gasteiger partial charge in [-0.15, -0.1) is 0 Å². The number of halogens is 2. The highest BCUT2D eigenvalue weighted by atomic mass is 35.5. The minimum absolute atomic E-state index is 0.0374. The van der Waals surface area contributed by atoms with E-state index in [9.17, 15) is 22.8 Å². The van der Waals surface area contributed by atoms with E-state index in [0.29, 0.717) is 6.42 Å². The molecule has 0 aromatic heterocycles. The van der Waals surface area contributed by atoms with Crippen LogP contribution in [0.4, 0.5) is 0 Å². The van der Waals surface area contributed by atoms with Gasteiger partial charge in [-0.05, 0) is 30.5 Å². The fraction of sp³-hybridized carbons (Fsp3) is 0.471. The highest BCUT2D eigenvalue weighted by molar-refractivity contribution is 7.89. The minimum atomic E-state index is -4.04. The minimum Gasteiger partial charge on any atom is -0.467 e. The zero-order valence-electron chi connectivity index (χ0n) is 16.0. The molecule has 12 heteroatoms. The van der Waals surface area contributed by atoms with E-state index in [-0.39, 0.29) is 20.9 Å². The number of sulfonamides is 1. The molecule has 1 amide bonds. The number of methoxy groups -OCH3 is 1. The zero-order chi connectivity index (χ0) is 22.2. The first kappa shape index (κ1) is 25.2. The van der Waals surface area contributed by atoms with E-state index in [1.165, 1.54) is 19.2 Å². The third-order valence-corrected chi connectivity index (χ3v) is 5.64. The summed E-state index contributed by atoms with van der Waals surface area (Å²) in [7, 11) is -2.84. The van der Waals surface area contributed by atoms with Gasteiger partial charge in [-0.2, -0.15) is 4.72 Å². The van der Waals surface area contributed by atoms with E-state index in [0.717, 1.165) is 6.07 Å². The van der Waals surface area contributed by atoms with Crippen LogP contribution in [0.5, 0.6) is 0 Å². The molecule has 1 unspecified atom stereocenters. The summed E-state index contributed by atoms with van der Waals surface area (Å²) < 4.78 is 35.7. The molecule has 0 saturated heterocycles. The van der Waals surface area contributed by atoms with Crippen molar-refractivity contribution in [1.82, 2.24) is 10.0 Å². The first-order valence-corrected chi connectivity index (χ1v) is 10.7. The molecule has 0 radical (unpaired) electrons. The maximum Gasteiger partial charge on any atom is 0.328 e. The Hall–Kier alpha value is -1.88. The Labute approximate surface area is 179 Å². The van der Waals surface area contributed by atoms with Gasteiger partial charge in [-0.25, -0.2) is 13.2 Å². The first-order chi connectivity index (χ1) is 13.5. The Balaban J connectivity index is 2.54. The lowest BCUT2D eigenvalue weighted by Gasteiger charge is -2.18. The van der Waals surface area contributed by atoms with Crippen molar-refractivity contribution >= 4 is 51.1 Å². The normalized spacial score (nSPS) is 12.3. The molecule has 0 heterocycles. The van der Waals surface area contributed by atoms with Crippen LogP contribution in [0.1, 0.15) is 20.3 Å². The molecule has 0 aliphatic rings. The standard InChI is InChI=1S/C17H22Cl2N2O7S/c1-10(2)6-14(17(24)27-3)21-15(22)9-28-16(23)8-20-29(25,26)11-4-5-12(18)13(19)7-11/h4-5,7,10,14,20H,6,8-9H2,1-3H3,(H,21,22). The molecule has 162 valence electrons. The molecule has 0 aliphatic heterocycles. The van der Waals surface area contributed by atoms with Crippen molar-refractivity contribution in [1.29, 1.82) is 0 Å². The van der Waals surface area contributed by atoms with Gasteiger partial charge < -0.3 is 14.8 Å². The smallest absolute Gasteiger partial charge is 0.328 e.